The molecule has 1 aromatic rings. The molecule has 1 saturated carbocycles. The largest absolute Gasteiger partial charge is 0.454 e. The van der Waals surface area contributed by atoms with Crippen molar-refractivity contribution in [1.82, 2.24) is 4.90 Å². The molecule has 0 radical (unpaired) electrons. The molecule has 5 nitrogen and oxygen atoms in total. The van der Waals surface area contributed by atoms with Crippen molar-refractivity contribution in [3.63, 3.8) is 0 Å². The second-order valence-electron chi connectivity index (χ2n) is 6.73. The fourth-order valence-corrected chi connectivity index (χ4v) is 4.84. The van der Waals surface area contributed by atoms with Gasteiger partial charge in [-0.1, -0.05) is 0 Å². The fourth-order valence-electron chi connectivity index (χ4n) is 4.84. The van der Waals surface area contributed by atoms with Gasteiger partial charge in [0.15, 0.2) is 11.5 Å². The van der Waals surface area contributed by atoms with Gasteiger partial charge in [0.1, 0.15) is 0 Å². The molecule has 112 valence electrons. The summed E-state index contributed by atoms with van der Waals surface area (Å²) in [7, 11) is 0. The monoisotopic (exact) mass is 289 g/mol. The third-order valence-corrected chi connectivity index (χ3v) is 5.73. The molecule has 1 aromatic carbocycles. The van der Waals surface area contributed by atoms with Crippen molar-refractivity contribution in [3.8, 4) is 11.5 Å². The molecular formula is C16H19NO4. The summed E-state index contributed by atoms with van der Waals surface area (Å²) in [6.45, 7) is 2.23. The molecule has 0 amide bonds. The number of aliphatic hydroxyl groups is 2. The molecule has 1 aliphatic carbocycles. The van der Waals surface area contributed by atoms with Crippen LogP contribution in [0.5, 0.6) is 11.5 Å². The van der Waals surface area contributed by atoms with Crippen LogP contribution in [-0.2, 0) is 6.54 Å². The summed E-state index contributed by atoms with van der Waals surface area (Å²) in [4.78, 5) is 2.47. The van der Waals surface area contributed by atoms with Crippen LogP contribution in [0.3, 0.4) is 0 Å². The Kier molecular flexibility index (Phi) is 2.41. The Morgan fingerprint density at radius 3 is 2.81 bits per heavy atom. The highest BCUT2D eigenvalue weighted by Crippen LogP contribution is 2.51. The van der Waals surface area contributed by atoms with Crippen LogP contribution in [0.1, 0.15) is 29.9 Å². The molecule has 5 heteroatoms. The number of rotatable bonds is 0. The molecule has 3 aliphatic heterocycles. The van der Waals surface area contributed by atoms with Gasteiger partial charge >= 0.3 is 0 Å². The summed E-state index contributed by atoms with van der Waals surface area (Å²) in [5.74, 6) is 2.05. The number of hydrogen-bond donors (Lipinski definition) is 2. The third kappa shape index (κ3) is 1.57. The van der Waals surface area contributed by atoms with E-state index in [1.54, 1.807) is 0 Å². The predicted octanol–water partition coefficient (Wildman–Crippen LogP) is 0.828. The van der Waals surface area contributed by atoms with Gasteiger partial charge in [0.25, 0.3) is 0 Å². The van der Waals surface area contributed by atoms with Crippen molar-refractivity contribution in [2.75, 3.05) is 13.3 Å². The summed E-state index contributed by atoms with van der Waals surface area (Å²) < 4.78 is 11.0. The first-order valence-electron chi connectivity index (χ1n) is 7.75. The van der Waals surface area contributed by atoms with Gasteiger partial charge < -0.3 is 19.7 Å². The zero-order valence-electron chi connectivity index (χ0n) is 11.7. The van der Waals surface area contributed by atoms with Crippen LogP contribution in [0, 0.1) is 5.92 Å². The van der Waals surface area contributed by atoms with Crippen LogP contribution in [-0.4, -0.2) is 46.7 Å². The number of fused-ring (bicyclic) bond motifs is 3. The number of nitrogens with zero attached hydrogens (tertiary/aromatic N) is 1. The molecule has 5 atom stereocenters. The van der Waals surface area contributed by atoms with Crippen LogP contribution in [0.2, 0.25) is 0 Å². The fraction of sp³-hybridized carbons (Fsp3) is 0.625. The van der Waals surface area contributed by atoms with Gasteiger partial charge in [-0.05, 0) is 48.6 Å². The summed E-state index contributed by atoms with van der Waals surface area (Å²) in [6.07, 6.45) is 0.531. The van der Waals surface area contributed by atoms with E-state index >= 15 is 0 Å². The topological polar surface area (TPSA) is 62.2 Å². The Morgan fingerprint density at radius 2 is 1.95 bits per heavy atom. The normalized spacial score (nSPS) is 40.0. The lowest BCUT2D eigenvalue weighted by atomic mass is 9.68. The highest BCUT2D eigenvalue weighted by molar-refractivity contribution is 5.52. The van der Waals surface area contributed by atoms with E-state index in [0.717, 1.165) is 43.0 Å². The lowest BCUT2D eigenvalue weighted by Gasteiger charge is -2.47. The van der Waals surface area contributed by atoms with Crippen molar-refractivity contribution >= 4 is 0 Å². The number of aliphatic hydroxyl groups excluding tert-OH is 2. The molecule has 2 fully saturated rings. The average Bonchev–Trinajstić information content (AvgIpc) is 3.08. The average molecular weight is 289 g/mol. The van der Waals surface area contributed by atoms with Gasteiger partial charge in [0.05, 0.1) is 12.2 Å². The van der Waals surface area contributed by atoms with Gasteiger partial charge in [0.2, 0.25) is 6.79 Å². The summed E-state index contributed by atoms with van der Waals surface area (Å²) in [5.41, 5.74) is 2.34. The molecule has 3 heterocycles. The van der Waals surface area contributed by atoms with Crippen molar-refractivity contribution in [3.05, 3.63) is 23.3 Å². The van der Waals surface area contributed by atoms with Crippen LogP contribution in [0.25, 0.3) is 0 Å². The Balaban J connectivity index is 1.66. The molecule has 0 aromatic heterocycles. The summed E-state index contributed by atoms with van der Waals surface area (Å²) in [6, 6.07) is 4.43. The Bertz CT molecular complexity index is 604. The van der Waals surface area contributed by atoms with Crippen LogP contribution >= 0.6 is 0 Å². The predicted molar refractivity (Wildman–Crippen MR) is 74.2 cm³/mol. The summed E-state index contributed by atoms with van der Waals surface area (Å²) in [5, 5.41) is 20.8. The maximum Gasteiger partial charge on any atom is 0.231 e. The standard InChI is InChI=1S/C16H19NO4/c18-11-3-8-1-2-17-6-9-4-12-13(21-7-20-12)5-10(9)14(15(8)17)16(11)19/h4-5,8,11,14-16,18-19H,1-3,6-7H2/t8-,11+,14+,15-,16-/m0/s1. The second kappa shape index (κ2) is 4.12. The van der Waals surface area contributed by atoms with E-state index in [1.165, 1.54) is 5.56 Å². The van der Waals surface area contributed by atoms with Gasteiger partial charge in [-0.25, -0.2) is 0 Å². The molecule has 0 bridgehead atoms. The van der Waals surface area contributed by atoms with E-state index in [1.807, 2.05) is 6.07 Å². The Morgan fingerprint density at radius 1 is 1.14 bits per heavy atom. The number of ether oxygens (including phenoxy) is 2. The first kappa shape index (κ1) is 12.3. The van der Waals surface area contributed by atoms with Gasteiger partial charge in [-0.2, -0.15) is 0 Å². The summed E-state index contributed by atoms with van der Waals surface area (Å²) >= 11 is 0. The molecular weight excluding hydrogens is 270 g/mol. The van der Waals surface area contributed by atoms with Crippen molar-refractivity contribution in [2.24, 2.45) is 5.92 Å². The lowest BCUT2D eigenvalue weighted by Crippen LogP contribution is -2.53. The number of hydrogen-bond acceptors (Lipinski definition) is 5. The molecule has 2 N–H and O–H groups in total. The zero-order chi connectivity index (χ0) is 14.1. The minimum atomic E-state index is -0.689. The van der Waals surface area contributed by atoms with E-state index in [-0.39, 0.29) is 12.7 Å². The van der Waals surface area contributed by atoms with Crippen LogP contribution in [0.15, 0.2) is 12.1 Å². The molecule has 21 heavy (non-hydrogen) atoms. The quantitative estimate of drug-likeness (QED) is 0.741. The SMILES string of the molecule is O[C@@H]1[C@@H]2c3cc4c(cc3CN3CC[C@@H](C[C@H]1O)[C@@H]23)OCO4. The first-order valence-corrected chi connectivity index (χ1v) is 7.75. The Hall–Kier alpha value is -1.30. The molecule has 0 spiro atoms. The van der Waals surface area contributed by atoms with Crippen molar-refractivity contribution in [1.29, 1.82) is 0 Å². The van der Waals surface area contributed by atoms with Crippen molar-refractivity contribution in [2.45, 2.75) is 43.6 Å². The second-order valence-corrected chi connectivity index (χ2v) is 6.73. The minimum Gasteiger partial charge on any atom is -0.454 e. The molecule has 0 unspecified atom stereocenters. The maximum absolute atomic E-state index is 10.6. The molecule has 5 rings (SSSR count). The van der Waals surface area contributed by atoms with Crippen molar-refractivity contribution < 1.29 is 19.7 Å². The number of benzene rings is 1. The highest BCUT2D eigenvalue weighted by atomic mass is 16.7. The van der Waals surface area contributed by atoms with E-state index in [0.29, 0.717) is 12.0 Å². The molecule has 4 aliphatic rings. The Labute approximate surface area is 123 Å². The van der Waals surface area contributed by atoms with Gasteiger partial charge in [-0.3, -0.25) is 4.90 Å². The zero-order valence-corrected chi connectivity index (χ0v) is 11.7. The smallest absolute Gasteiger partial charge is 0.231 e. The highest BCUT2D eigenvalue weighted by Gasteiger charge is 2.52. The van der Waals surface area contributed by atoms with E-state index in [9.17, 15) is 10.2 Å². The van der Waals surface area contributed by atoms with Crippen LogP contribution in [0.4, 0.5) is 0 Å². The molecule has 1 saturated heterocycles. The van der Waals surface area contributed by atoms with Crippen LogP contribution < -0.4 is 9.47 Å². The van der Waals surface area contributed by atoms with Gasteiger partial charge in [-0.15, -0.1) is 0 Å². The third-order valence-electron chi connectivity index (χ3n) is 5.73. The van der Waals surface area contributed by atoms with E-state index in [4.69, 9.17) is 9.47 Å². The maximum atomic E-state index is 10.6. The lowest BCUT2D eigenvalue weighted by molar-refractivity contribution is -0.0657. The minimum absolute atomic E-state index is 0.0144. The first-order chi connectivity index (χ1) is 10.2. The van der Waals surface area contributed by atoms with Gasteiger partial charge in [0, 0.05) is 18.5 Å². The van der Waals surface area contributed by atoms with E-state index in [2.05, 4.69) is 11.0 Å². The van der Waals surface area contributed by atoms with E-state index < -0.39 is 12.2 Å².